The number of aromatic nitrogens is 2. The van der Waals surface area contributed by atoms with Crippen LogP contribution in [0.3, 0.4) is 0 Å². The first-order chi connectivity index (χ1) is 10.6. The molecule has 0 fully saturated rings. The molecular weight excluding hydrogens is 368 g/mol. The number of hydrogen-bond acceptors (Lipinski definition) is 5. The Labute approximate surface area is 139 Å². The Morgan fingerprint density at radius 2 is 2.27 bits per heavy atom. The van der Waals surface area contributed by atoms with Gasteiger partial charge in [-0.3, -0.25) is 4.79 Å². The molecule has 0 saturated heterocycles. The van der Waals surface area contributed by atoms with E-state index >= 15 is 0 Å². The predicted octanol–water partition coefficient (Wildman–Crippen LogP) is 2.78. The Balaban J connectivity index is 2.06. The summed E-state index contributed by atoms with van der Waals surface area (Å²) in [6, 6.07) is 5.07. The average Bonchev–Trinajstić information content (AvgIpc) is 2.54. The SMILES string of the molecule is COC(=O)c1ccc(-c2nc3c(c(=O)[nH]2)CSCC3)c(Br)c1. The molecule has 3 rings (SSSR count). The largest absolute Gasteiger partial charge is 0.465 e. The summed E-state index contributed by atoms with van der Waals surface area (Å²) in [7, 11) is 1.34. The Bertz CT molecular complexity index is 804. The number of hydrogen-bond donors (Lipinski definition) is 1. The summed E-state index contributed by atoms with van der Waals surface area (Å²) in [5.74, 6) is 1.79. The highest BCUT2D eigenvalue weighted by molar-refractivity contribution is 9.10. The van der Waals surface area contributed by atoms with Crippen molar-refractivity contribution in [2.75, 3.05) is 12.9 Å². The summed E-state index contributed by atoms with van der Waals surface area (Å²) in [6.07, 6.45) is 0.800. The average molecular weight is 381 g/mol. The van der Waals surface area contributed by atoms with E-state index in [1.165, 1.54) is 7.11 Å². The highest BCUT2D eigenvalue weighted by Crippen LogP contribution is 2.28. The number of fused-ring (bicyclic) bond motifs is 1. The number of thioether (sulfide) groups is 1. The number of rotatable bonds is 2. The summed E-state index contributed by atoms with van der Waals surface area (Å²) >= 11 is 5.17. The number of methoxy groups -OCH3 is 1. The molecule has 0 spiro atoms. The standard InChI is InChI=1S/C15H13BrN2O3S/c1-21-15(20)8-2-3-9(11(16)6-8)13-17-12-4-5-22-7-10(12)14(19)18-13/h2-3,6H,4-5,7H2,1H3,(H,17,18,19). The van der Waals surface area contributed by atoms with Crippen LogP contribution in [0.5, 0.6) is 0 Å². The first-order valence-corrected chi connectivity index (χ1v) is 8.63. The van der Waals surface area contributed by atoms with Crippen LogP contribution in [0.4, 0.5) is 0 Å². The molecule has 114 valence electrons. The van der Waals surface area contributed by atoms with Gasteiger partial charge in [-0.25, -0.2) is 9.78 Å². The molecule has 0 aliphatic carbocycles. The van der Waals surface area contributed by atoms with Crippen LogP contribution < -0.4 is 5.56 Å². The Hall–Kier alpha value is -1.60. The third-order valence-electron chi connectivity index (χ3n) is 3.48. The molecule has 1 N–H and O–H groups in total. The van der Waals surface area contributed by atoms with Crippen molar-refractivity contribution in [2.45, 2.75) is 12.2 Å². The summed E-state index contributed by atoms with van der Waals surface area (Å²) in [5.41, 5.74) is 2.72. The molecule has 2 aromatic rings. The maximum atomic E-state index is 12.2. The minimum Gasteiger partial charge on any atom is -0.465 e. The number of aromatic amines is 1. The molecule has 0 amide bonds. The zero-order valence-electron chi connectivity index (χ0n) is 11.8. The van der Waals surface area contributed by atoms with Gasteiger partial charge < -0.3 is 9.72 Å². The first-order valence-electron chi connectivity index (χ1n) is 6.68. The molecule has 0 atom stereocenters. The molecule has 22 heavy (non-hydrogen) atoms. The summed E-state index contributed by atoms with van der Waals surface area (Å²) < 4.78 is 5.38. The molecule has 1 aromatic carbocycles. The van der Waals surface area contributed by atoms with Crippen LogP contribution in [0.2, 0.25) is 0 Å². The zero-order valence-corrected chi connectivity index (χ0v) is 14.2. The minimum atomic E-state index is -0.406. The Morgan fingerprint density at radius 3 is 3.00 bits per heavy atom. The lowest BCUT2D eigenvalue weighted by Crippen LogP contribution is -2.21. The molecular formula is C15H13BrN2O3S. The maximum absolute atomic E-state index is 12.2. The van der Waals surface area contributed by atoms with Gasteiger partial charge in [0.15, 0.2) is 0 Å². The van der Waals surface area contributed by atoms with Gasteiger partial charge in [0.25, 0.3) is 5.56 Å². The normalized spacial score (nSPS) is 13.5. The monoisotopic (exact) mass is 380 g/mol. The molecule has 0 unspecified atom stereocenters. The number of aryl methyl sites for hydroxylation is 1. The fourth-order valence-electron chi connectivity index (χ4n) is 2.32. The number of carbonyl (C=O) groups is 1. The third kappa shape index (κ3) is 2.83. The van der Waals surface area contributed by atoms with Crippen LogP contribution in [0.15, 0.2) is 27.5 Å². The van der Waals surface area contributed by atoms with Crippen LogP contribution in [0.25, 0.3) is 11.4 Å². The number of ether oxygens (including phenoxy) is 1. The van der Waals surface area contributed by atoms with Crippen LogP contribution >= 0.6 is 27.7 Å². The number of esters is 1. The lowest BCUT2D eigenvalue weighted by Gasteiger charge is -2.15. The molecule has 0 bridgehead atoms. The fraction of sp³-hybridized carbons (Fsp3) is 0.267. The van der Waals surface area contributed by atoms with Gasteiger partial charge in [-0.1, -0.05) is 15.9 Å². The van der Waals surface area contributed by atoms with Crippen LogP contribution in [0.1, 0.15) is 21.6 Å². The predicted molar refractivity (Wildman–Crippen MR) is 89.2 cm³/mol. The molecule has 1 aliphatic heterocycles. The second-order valence-electron chi connectivity index (χ2n) is 4.83. The van der Waals surface area contributed by atoms with E-state index in [0.29, 0.717) is 21.6 Å². The van der Waals surface area contributed by atoms with Gasteiger partial charge >= 0.3 is 5.97 Å². The van der Waals surface area contributed by atoms with Crippen molar-refractivity contribution in [1.29, 1.82) is 0 Å². The molecule has 7 heteroatoms. The van der Waals surface area contributed by atoms with E-state index in [2.05, 4.69) is 25.9 Å². The van der Waals surface area contributed by atoms with Gasteiger partial charge in [-0.2, -0.15) is 11.8 Å². The number of benzene rings is 1. The highest BCUT2D eigenvalue weighted by atomic mass is 79.9. The van der Waals surface area contributed by atoms with Gasteiger partial charge in [0.1, 0.15) is 5.82 Å². The van der Waals surface area contributed by atoms with Gasteiger partial charge in [0.05, 0.1) is 18.4 Å². The van der Waals surface area contributed by atoms with Crippen LogP contribution in [0, 0.1) is 0 Å². The number of nitrogens with one attached hydrogen (secondary N) is 1. The summed E-state index contributed by atoms with van der Waals surface area (Å²) in [4.78, 5) is 31.1. The highest BCUT2D eigenvalue weighted by Gasteiger charge is 2.18. The maximum Gasteiger partial charge on any atom is 0.337 e. The first kappa shape index (κ1) is 15.3. The molecule has 5 nitrogen and oxygen atoms in total. The number of H-pyrrole nitrogens is 1. The third-order valence-corrected chi connectivity index (χ3v) is 5.12. The Morgan fingerprint density at radius 1 is 1.45 bits per heavy atom. The second kappa shape index (κ2) is 6.26. The molecule has 1 aliphatic rings. The number of carbonyl (C=O) groups excluding carboxylic acids is 1. The van der Waals surface area contributed by atoms with Crippen molar-refractivity contribution in [3.63, 3.8) is 0 Å². The quantitative estimate of drug-likeness (QED) is 0.810. The van der Waals surface area contributed by atoms with E-state index in [4.69, 9.17) is 4.74 Å². The van der Waals surface area contributed by atoms with E-state index in [-0.39, 0.29) is 5.56 Å². The Kier molecular flexibility index (Phi) is 4.35. The summed E-state index contributed by atoms with van der Waals surface area (Å²) in [6.45, 7) is 0. The number of halogens is 1. The smallest absolute Gasteiger partial charge is 0.337 e. The molecule has 1 aromatic heterocycles. The van der Waals surface area contributed by atoms with Crippen molar-refractivity contribution in [2.24, 2.45) is 0 Å². The molecule has 0 saturated carbocycles. The van der Waals surface area contributed by atoms with Gasteiger partial charge in [-0.05, 0) is 30.4 Å². The zero-order chi connectivity index (χ0) is 15.7. The van der Waals surface area contributed by atoms with E-state index in [1.54, 1.807) is 30.0 Å². The van der Waals surface area contributed by atoms with E-state index in [1.807, 2.05) is 0 Å². The molecule has 0 radical (unpaired) electrons. The van der Waals surface area contributed by atoms with Crippen molar-refractivity contribution in [1.82, 2.24) is 9.97 Å². The van der Waals surface area contributed by atoms with E-state index in [9.17, 15) is 9.59 Å². The van der Waals surface area contributed by atoms with Crippen LogP contribution in [-0.2, 0) is 16.9 Å². The summed E-state index contributed by atoms with van der Waals surface area (Å²) in [5, 5.41) is 0. The minimum absolute atomic E-state index is 0.0869. The topological polar surface area (TPSA) is 72.0 Å². The van der Waals surface area contributed by atoms with E-state index in [0.717, 1.165) is 29.0 Å². The van der Waals surface area contributed by atoms with Crippen molar-refractivity contribution >= 4 is 33.7 Å². The molecule has 2 heterocycles. The number of nitrogens with zero attached hydrogens (tertiary/aromatic N) is 1. The van der Waals surface area contributed by atoms with Gasteiger partial charge in [-0.15, -0.1) is 0 Å². The van der Waals surface area contributed by atoms with Gasteiger partial charge in [0, 0.05) is 21.4 Å². The van der Waals surface area contributed by atoms with E-state index < -0.39 is 5.97 Å². The lowest BCUT2D eigenvalue weighted by molar-refractivity contribution is 0.0600. The van der Waals surface area contributed by atoms with Crippen molar-refractivity contribution in [3.8, 4) is 11.4 Å². The van der Waals surface area contributed by atoms with Crippen molar-refractivity contribution in [3.05, 3.63) is 49.8 Å². The fourth-order valence-corrected chi connectivity index (χ4v) is 3.87. The second-order valence-corrected chi connectivity index (χ2v) is 6.79. The van der Waals surface area contributed by atoms with Crippen molar-refractivity contribution < 1.29 is 9.53 Å². The lowest BCUT2D eigenvalue weighted by atomic mass is 10.1. The van der Waals surface area contributed by atoms with Crippen LogP contribution in [-0.4, -0.2) is 28.8 Å². The van der Waals surface area contributed by atoms with Gasteiger partial charge in [0.2, 0.25) is 0 Å².